The Hall–Kier alpha value is -1.32. The largest absolute Gasteiger partial charge is 0.460 e. The average molecular weight is 296 g/mol. The van der Waals surface area contributed by atoms with Crippen molar-refractivity contribution in [3.05, 3.63) is 12.7 Å². The molecule has 0 amide bonds. The minimum Gasteiger partial charge on any atom is -0.460 e. The fourth-order valence-electron chi connectivity index (χ4n) is 2.95. The van der Waals surface area contributed by atoms with Gasteiger partial charge in [-0.3, -0.25) is 9.59 Å². The van der Waals surface area contributed by atoms with Gasteiger partial charge in [0.2, 0.25) is 0 Å². The molecule has 1 aliphatic rings. The van der Waals surface area contributed by atoms with Gasteiger partial charge in [-0.15, -0.1) is 6.58 Å². The monoisotopic (exact) mass is 296 g/mol. The van der Waals surface area contributed by atoms with E-state index in [1.54, 1.807) is 6.08 Å². The highest BCUT2D eigenvalue weighted by Crippen LogP contribution is 2.48. The van der Waals surface area contributed by atoms with Crippen LogP contribution < -0.4 is 0 Å². The molecule has 0 radical (unpaired) electrons. The van der Waals surface area contributed by atoms with Crippen molar-refractivity contribution in [2.45, 2.75) is 66.1 Å². The molecule has 1 fully saturated rings. The van der Waals surface area contributed by atoms with Crippen LogP contribution in [-0.4, -0.2) is 23.6 Å². The summed E-state index contributed by atoms with van der Waals surface area (Å²) < 4.78 is 10.7. The Morgan fingerprint density at radius 3 is 2.38 bits per heavy atom. The van der Waals surface area contributed by atoms with Crippen LogP contribution in [0.1, 0.15) is 54.4 Å². The third kappa shape index (κ3) is 3.86. The highest BCUT2D eigenvalue weighted by atomic mass is 16.6. The first kappa shape index (κ1) is 17.7. The van der Waals surface area contributed by atoms with Crippen LogP contribution in [0.2, 0.25) is 0 Å². The number of hydrogen-bond acceptors (Lipinski definition) is 4. The molecular formula is C17H28O4. The second kappa shape index (κ2) is 6.20. The molecule has 4 nitrogen and oxygen atoms in total. The zero-order chi connectivity index (χ0) is 16.4. The number of allylic oxidation sites excluding steroid dienone is 1. The summed E-state index contributed by atoms with van der Waals surface area (Å²) in [7, 11) is 0. The lowest BCUT2D eigenvalue weighted by Gasteiger charge is -2.49. The van der Waals surface area contributed by atoms with Gasteiger partial charge in [0.25, 0.3) is 0 Å². The quantitative estimate of drug-likeness (QED) is 0.556. The van der Waals surface area contributed by atoms with Crippen molar-refractivity contribution in [2.24, 2.45) is 17.3 Å². The summed E-state index contributed by atoms with van der Waals surface area (Å²) in [5.41, 5.74) is -1.15. The van der Waals surface area contributed by atoms with Gasteiger partial charge in [-0.2, -0.15) is 0 Å². The number of cyclic esters (lactones) is 1. The maximum Gasteiger partial charge on any atom is 0.316 e. The molecule has 0 aliphatic carbocycles. The Morgan fingerprint density at radius 1 is 1.43 bits per heavy atom. The van der Waals surface area contributed by atoms with E-state index >= 15 is 0 Å². The number of esters is 2. The van der Waals surface area contributed by atoms with Gasteiger partial charge in [-0.25, -0.2) is 0 Å². The lowest BCUT2D eigenvalue weighted by molar-refractivity contribution is -0.218. The molecule has 120 valence electrons. The normalized spacial score (nSPS) is 26.8. The zero-order valence-electron chi connectivity index (χ0n) is 14.1. The second-order valence-electron chi connectivity index (χ2n) is 7.36. The Labute approximate surface area is 127 Å². The molecule has 1 unspecified atom stereocenters. The Morgan fingerprint density at radius 2 is 2.00 bits per heavy atom. The van der Waals surface area contributed by atoms with Gasteiger partial charge in [0.1, 0.15) is 17.1 Å². The molecule has 0 N–H and O–H groups in total. The molecule has 0 aromatic rings. The fourth-order valence-corrected chi connectivity index (χ4v) is 2.95. The summed E-state index contributed by atoms with van der Waals surface area (Å²) in [4.78, 5) is 24.2. The van der Waals surface area contributed by atoms with Crippen molar-refractivity contribution < 1.29 is 19.1 Å². The van der Waals surface area contributed by atoms with Gasteiger partial charge in [0.15, 0.2) is 0 Å². The van der Waals surface area contributed by atoms with Gasteiger partial charge < -0.3 is 9.47 Å². The molecular weight excluding hydrogens is 268 g/mol. The first-order valence-electron chi connectivity index (χ1n) is 7.58. The summed E-state index contributed by atoms with van der Waals surface area (Å²) in [6.07, 6.45) is 2.54. The number of rotatable bonds is 6. The molecule has 0 saturated carbocycles. The first-order valence-corrected chi connectivity index (χ1v) is 7.58. The third-order valence-corrected chi connectivity index (χ3v) is 3.78. The molecule has 0 bridgehead atoms. The fraction of sp³-hybridized carbons (Fsp3) is 0.765. The van der Waals surface area contributed by atoms with Gasteiger partial charge in [0.05, 0.1) is 5.92 Å². The Bertz CT molecular complexity index is 419. The van der Waals surface area contributed by atoms with Crippen LogP contribution in [0.25, 0.3) is 0 Å². The molecule has 1 rings (SSSR count). The standard InChI is InChI=1S/C17H28O4/c1-8-9-17(13(11(2)3)20-15(17)19)10-12(4)14(18)21-16(5,6)7/h8,11-13H,1,9-10H2,2-7H3/t12-,13-,17?/m0/s1. The van der Waals surface area contributed by atoms with E-state index in [1.807, 2.05) is 41.5 Å². The highest BCUT2D eigenvalue weighted by Gasteiger charge is 2.59. The number of hydrogen-bond donors (Lipinski definition) is 0. The van der Waals surface area contributed by atoms with Crippen LogP contribution in [0.5, 0.6) is 0 Å². The van der Waals surface area contributed by atoms with Gasteiger partial charge >= 0.3 is 11.9 Å². The molecule has 0 spiro atoms. The lowest BCUT2D eigenvalue weighted by atomic mass is 9.66. The molecule has 3 atom stereocenters. The maximum absolute atomic E-state index is 12.2. The zero-order valence-corrected chi connectivity index (χ0v) is 14.1. The van der Waals surface area contributed by atoms with Crippen LogP contribution in [0, 0.1) is 17.3 Å². The number of carbonyl (C=O) groups is 2. The third-order valence-electron chi connectivity index (χ3n) is 3.78. The summed E-state index contributed by atoms with van der Waals surface area (Å²) in [5, 5.41) is 0. The van der Waals surface area contributed by atoms with Crippen LogP contribution in [-0.2, 0) is 19.1 Å². The van der Waals surface area contributed by atoms with E-state index in [2.05, 4.69) is 6.58 Å². The maximum atomic E-state index is 12.2. The van der Waals surface area contributed by atoms with E-state index in [9.17, 15) is 9.59 Å². The van der Waals surface area contributed by atoms with Crippen LogP contribution in [0.15, 0.2) is 12.7 Å². The molecule has 1 aliphatic heterocycles. The number of ether oxygens (including phenoxy) is 2. The van der Waals surface area contributed by atoms with E-state index in [4.69, 9.17) is 9.47 Å². The van der Waals surface area contributed by atoms with E-state index in [-0.39, 0.29) is 29.9 Å². The smallest absolute Gasteiger partial charge is 0.316 e. The summed E-state index contributed by atoms with van der Waals surface area (Å²) in [6.45, 7) is 15.1. The SMILES string of the molecule is C=CCC1(C[C@H](C)C(=O)OC(C)(C)C)C(=O)O[C@H]1C(C)C. The van der Waals surface area contributed by atoms with Crippen molar-refractivity contribution in [3.63, 3.8) is 0 Å². The van der Waals surface area contributed by atoms with Crippen molar-refractivity contribution in [2.75, 3.05) is 0 Å². The topological polar surface area (TPSA) is 52.6 Å². The van der Waals surface area contributed by atoms with Crippen molar-refractivity contribution >= 4 is 11.9 Å². The van der Waals surface area contributed by atoms with E-state index in [0.717, 1.165) is 0 Å². The van der Waals surface area contributed by atoms with Crippen LogP contribution in [0.3, 0.4) is 0 Å². The van der Waals surface area contributed by atoms with Crippen LogP contribution >= 0.6 is 0 Å². The van der Waals surface area contributed by atoms with Gasteiger partial charge in [0, 0.05) is 0 Å². The lowest BCUT2D eigenvalue weighted by Crippen LogP contribution is -2.59. The molecule has 21 heavy (non-hydrogen) atoms. The first-order chi connectivity index (χ1) is 9.53. The molecule has 1 saturated heterocycles. The van der Waals surface area contributed by atoms with E-state index in [1.165, 1.54) is 0 Å². The Kier molecular flexibility index (Phi) is 5.24. The highest BCUT2D eigenvalue weighted by molar-refractivity contribution is 5.84. The van der Waals surface area contributed by atoms with Crippen molar-refractivity contribution in [1.29, 1.82) is 0 Å². The summed E-state index contributed by atoms with van der Waals surface area (Å²) >= 11 is 0. The minimum absolute atomic E-state index is 0.159. The van der Waals surface area contributed by atoms with Crippen molar-refractivity contribution in [3.8, 4) is 0 Å². The van der Waals surface area contributed by atoms with Gasteiger partial charge in [-0.1, -0.05) is 26.8 Å². The average Bonchev–Trinajstić information content (AvgIpc) is 2.32. The van der Waals surface area contributed by atoms with Gasteiger partial charge in [-0.05, 0) is 39.5 Å². The molecule has 0 aromatic heterocycles. The Balaban J connectivity index is 2.86. The van der Waals surface area contributed by atoms with E-state index < -0.39 is 11.0 Å². The number of carbonyl (C=O) groups excluding carboxylic acids is 2. The van der Waals surface area contributed by atoms with E-state index in [0.29, 0.717) is 12.8 Å². The second-order valence-corrected chi connectivity index (χ2v) is 7.36. The summed E-state index contributed by atoms with van der Waals surface area (Å²) in [6, 6.07) is 0. The molecule has 1 heterocycles. The predicted octanol–water partition coefficient (Wildman–Crippen LogP) is 3.50. The molecule has 0 aromatic carbocycles. The summed E-state index contributed by atoms with van der Waals surface area (Å²) in [5.74, 6) is -0.628. The van der Waals surface area contributed by atoms with Crippen LogP contribution in [0.4, 0.5) is 0 Å². The minimum atomic E-state index is -0.633. The predicted molar refractivity (Wildman–Crippen MR) is 81.6 cm³/mol. The molecule has 4 heteroatoms. The van der Waals surface area contributed by atoms with Crippen molar-refractivity contribution in [1.82, 2.24) is 0 Å².